The number of rotatable bonds is 22. The van der Waals surface area contributed by atoms with Gasteiger partial charge < -0.3 is 18.9 Å². The first-order chi connectivity index (χ1) is 28.2. The Labute approximate surface area is 357 Å². The minimum absolute atomic E-state index is 0.479. The van der Waals surface area contributed by atoms with Crippen molar-refractivity contribution < 1.29 is 18.9 Å². The summed E-state index contributed by atoms with van der Waals surface area (Å²) in [5, 5.41) is 1.42. The van der Waals surface area contributed by atoms with E-state index in [-0.39, 0.29) is 0 Å². The lowest BCUT2D eigenvalue weighted by atomic mass is 10.2. The van der Waals surface area contributed by atoms with Crippen molar-refractivity contribution in [1.82, 2.24) is 18.7 Å². The Bertz CT molecular complexity index is 1820. The van der Waals surface area contributed by atoms with Crippen LogP contribution in [0.1, 0.15) is 55.4 Å². The molecule has 0 aliphatic rings. The molecule has 8 nitrogen and oxygen atoms in total. The number of para-hydroxylation sites is 4. The molecule has 0 saturated carbocycles. The first kappa shape index (κ1) is 45.5. The molecule has 0 aromatic heterocycles. The fourth-order valence-electron chi connectivity index (χ4n) is 7.32. The van der Waals surface area contributed by atoms with Crippen molar-refractivity contribution in [3.05, 3.63) is 121 Å². The van der Waals surface area contributed by atoms with E-state index in [0.717, 1.165) is 0 Å². The highest BCUT2D eigenvalue weighted by Crippen LogP contribution is 2.65. The maximum atomic E-state index is 7.33. The average molecular weight is 859 g/mol. The van der Waals surface area contributed by atoms with Gasteiger partial charge in [-0.2, -0.15) is 0 Å². The van der Waals surface area contributed by atoms with Gasteiger partial charge in [-0.1, -0.05) is 152 Å². The van der Waals surface area contributed by atoms with E-state index in [1.165, 1.54) is 0 Å². The summed E-state index contributed by atoms with van der Waals surface area (Å²) < 4.78 is 38.9. The molecule has 0 heterocycles. The second-order valence-electron chi connectivity index (χ2n) is 13.3. The van der Waals surface area contributed by atoms with E-state index in [9.17, 15) is 0 Å². The molecule has 0 unspecified atom stereocenters. The van der Waals surface area contributed by atoms with Crippen LogP contribution in [-0.4, -0.2) is 71.0 Å². The van der Waals surface area contributed by atoms with Gasteiger partial charge in [0.05, 0.1) is 0 Å². The van der Waals surface area contributed by atoms with Gasteiger partial charge in [-0.3, -0.25) is 18.7 Å². The third kappa shape index (κ3) is 9.57. The highest BCUT2D eigenvalue weighted by atomic mass is 32.4. The summed E-state index contributed by atoms with van der Waals surface area (Å²) in [6.45, 7) is 22.9. The molecule has 0 amide bonds. The molecule has 0 fully saturated rings. The average Bonchev–Trinajstić information content (AvgIpc) is 3.25. The van der Waals surface area contributed by atoms with Crippen LogP contribution in [0.25, 0.3) is 0 Å². The van der Waals surface area contributed by atoms with Gasteiger partial charge in [0.25, 0.3) is 0 Å². The van der Waals surface area contributed by atoms with E-state index in [1.807, 2.05) is 121 Å². The molecule has 5 aromatic rings. The molecule has 0 radical (unpaired) electrons. The van der Waals surface area contributed by atoms with E-state index < -0.39 is 12.7 Å². The zero-order chi connectivity index (χ0) is 41.7. The lowest BCUT2D eigenvalue weighted by Gasteiger charge is -2.45. The van der Waals surface area contributed by atoms with Crippen molar-refractivity contribution in [1.29, 1.82) is 0 Å². The van der Waals surface area contributed by atoms with Crippen molar-refractivity contribution in [2.75, 3.05) is 52.4 Å². The Morgan fingerprint density at radius 1 is 0.328 bits per heavy atom. The molecule has 0 atom stereocenters. The second-order valence-corrected chi connectivity index (χ2v) is 21.7. The molecule has 5 rings (SSSR count). The maximum absolute atomic E-state index is 7.33. The van der Waals surface area contributed by atoms with Crippen molar-refractivity contribution in [3.8, 4) is 46.0 Å². The lowest BCUT2D eigenvalue weighted by Crippen LogP contribution is -2.41. The topological polar surface area (TPSA) is 49.9 Å². The molecular weight excluding hydrogens is 799 g/mol. The van der Waals surface area contributed by atoms with Crippen LogP contribution in [0.5, 0.6) is 46.0 Å². The van der Waals surface area contributed by atoms with Crippen LogP contribution in [0.3, 0.4) is 0 Å². The fourth-order valence-corrected chi connectivity index (χ4v) is 17.6. The second kappa shape index (κ2) is 21.6. The van der Waals surface area contributed by atoms with Gasteiger partial charge >= 0.3 is 0 Å². The number of hydrogen-bond donors (Lipinski definition) is 0. The molecule has 0 aliphatic carbocycles. The zero-order valence-corrected chi connectivity index (χ0v) is 38.8. The first-order valence-corrected chi connectivity index (χ1v) is 26.0. The molecule has 0 aliphatic heterocycles. The number of nitrogens with zero attached hydrogens (tertiary/aromatic N) is 4. The molecule has 12 heteroatoms. The Hall–Kier alpha value is -3.56. The van der Waals surface area contributed by atoms with Gasteiger partial charge in [0.15, 0.2) is 23.0 Å². The minimum Gasteiger partial charge on any atom is -0.452 e. The molecule has 0 saturated heterocycles. The highest BCUT2D eigenvalue weighted by Gasteiger charge is 2.47. The molecule has 0 N–H and O–H groups in total. The Balaban J connectivity index is 2.20. The summed E-state index contributed by atoms with van der Waals surface area (Å²) in [7, 11) is 0. The fraction of sp³-hybridized carbons (Fsp3) is 0.348. The summed E-state index contributed by atoms with van der Waals surface area (Å²) in [5.41, 5.74) is 0. The smallest absolute Gasteiger partial charge is 0.185 e. The highest BCUT2D eigenvalue weighted by molar-refractivity contribution is 8.16. The number of ether oxygens (including phenoxy) is 4. The third-order valence-electron chi connectivity index (χ3n) is 10.2. The largest absolute Gasteiger partial charge is 0.452 e. The minimum atomic E-state index is -3.01. The van der Waals surface area contributed by atoms with E-state index >= 15 is 0 Å². The van der Waals surface area contributed by atoms with Gasteiger partial charge in [-0.25, -0.2) is 0 Å². The number of benzene rings is 5. The summed E-state index contributed by atoms with van der Waals surface area (Å²) in [4.78, 5) is 0. The third-order valence-corrected chi connectivity index (χ3v) is 21.3. The molecule has 0 bridgehead atoms. The SMILES string of the molecule is CCN(CC)P(=S)(c1c(Oc2ccccc2)c(Oc2ccccc2)c(P(=S)(N(CC)CC)N(CC)CC)c(Oc2ccccc2)c1Oc1ccccc1)N(CC)CC. The van der Waals surface area contributed by atoms with E-state index in [4.69, 9.17) is 42.6 Å². The molecule has 5 aromatic carbocycles. The number of hydrogen-bond acceptors (Lipinski definition) is 6. The molecule has 58 heavy (non-hydrogen) atoms. The van der Waals surface area contributed by atoms with E-state index in [1.54, 1.807) is 0 Å². The lowest BCUT2D eigenvalue weighted by molar-refractivity contribution is 0.390. The van der Waals surface area contributed by atoms with E-state index in [0.29, 0.717) is 109 Å². The Morgan fingerprint density at radius 3 is 0.655 bits per heavy atom. The van der Waals surface area contributed by atoms with Gasteiger partial charge in [0.2, 0.25) is 0 Å². The van der Waals surface area contributed by atoms with Gasteiger partial charge in [-0.05, 0) is 48.5 Å². The monoisotopic (exact) mass is 858 g/mol. The Kier molecular flexibility index (Phi) is 17.0. The molecular formula is C46H60N4O4P2S2. The molecule has 310 valence electrons. The van der Waals surface area contributed by atoms with Crippen LogP contribution in [0.15, 0.2) is 121 Å². The standard InChI is InChI=1S/C46H60N4O4P2S2/c1-9-47(10-2)55(57,48(11-3)12-4)45-41(51-37-29-21-17-22-30-37)43(53-39-33-25-19-26-34-39)46(56(58,49(13-5)14-6)50(15-7)16-8)44(54-40-35-27-20-28-36-40)42(45)52-38-31-23-18-24-32-38/h17-36H,9-16H2,1-8H3. The zero-order valence-electron chi connectivity index (χ0n) is 35.3. The van der Waals surface area contributed by atoms with Crippen molar-refractivity contribution in [2.45, 2.75) is 55.4 Å². The summed E-state index contributed by atoms with van der Waals surface area (Å²) >= 11 is 14.5. The summed E-state index contributed by atoms with van der Waals surface area (Å²) in [5.74, 6) is 4.45. The first-order valence-electron chi connectivity index (χ1n) is 20.6. The maximum Gasteiger partial charge on any atom is 0.185 e. The Morgan fingerprint density at radius 2 is 0.500 bits per heavy atom. The van der Waals surface area contributed by atoms with Crippen molar-refractivity contribution in [2.24, 2.45) is 0 Å². The van der Waals surface area contributed by atoms with Crippen LogP contribution in [-0.2, 0) is 23.6 Å². The van der Waals surface area contributed by atoms with Gasteiger partial charge in [0.1, 0.15) is 46.3 Å². The predicted molar refractivity (Wildman–Crippen MR) is 252 cm³/mol. The van der Waals surface area contributed by atoms with Crippen molar-refractivity contribution in [3.63, 3.8) is 0 Å². The van der Waals surface area contributed by atoms with Gasteiger partial charge in [0, 0.05) is 52.4 Å². The van der Waals surface area contributed by atoms with Crippen LogP contribution in [0.4, 0.5) is 0 Å². The van der Waals surface area contributed by atoms with Crippen molar-refractivity contribution >= 4 is 46.9 Å². The predicted octanol–water partition coefficient (Wildman–Crippen LogP) is 12.1. The normalized spacial score (nSPS) is 12.1. The molecule has 0 spiro atoms. The van der Waals surface area contributed by atoms with Gasteiger partial charge in [-0.15, -0.1) is 0 Å². The van der Waals surface area contributed by atoms with Crippen LogP contribution < -0.4 is 29.6 Å². The summed E-state index contributed by atoms with van der Waals surface area (Å²) in [6, 6.07) is 39.4. The van der Waals surface area contributed by atoms with Crippen LogP contribution in [0.2, 0.25) is 0 Å². The quantitative estimate of drug-likeness (QED) is 0.0629. The van der Waals surface area contributed by atoms with Crippen LogP contribution in [0, 0.1) is 0 Å². The summed E-state index contributed by atoms with van der Waals surface area (Å²) in [6.07, 6.45) is -6.02. The van der Waals surface area contributed by atoms with Crippen LogP contribution >= 0.6 is 12.7 Å². The van der Waals surface area contributed by atoms with E-state index in [2.05, 4.69) is 74.1 Å².